The summed E-state index contributed by atoms with van der Waals surface area (Å²) in [5, 5.41) is 0.809. The Kier molecular flexibility index (Phi) is 2.75. The summed E-state index contributed by atoms with van der Waals surface area (Å²) in [4.78, 5) is 14.6. The second-order valence-corrected chi connectivity index (χ2v) is 3.69. The summed E-state index contributed by atoms with van der Waals surface area (Å²) < 4.78 is 1.62. The first-order valence-electron chi connectivity index (χ1n) is 4.16. The van der Waals surface area contributed by atoms with E-state index in [-0.39, 0.29) is 0 Å². The van der Waals surface area contributed by atoms with Crippen LogP contribution in [0.15, 0.2) is 30.7 Å². The third-order valence-electron chi connectivity index (χ3n) is 1.97. The van der Waals surface area contributed by atoms with Gasteiger partial charge in [0.25, 0.3) is 0 Å². The summed E-state index contributed by atoms with van der Waals surface area (Å²) in [5.41, 5.74) is 1.06. The molecule has 0 saturated carbocycles. The van der Waals surface area contributed by atoms with Crippen molar-refractivity contribution in [2.24, 2.45) is 0 Å². The molecule has 0 atom stereocenters. The Hall–Kier alpha value is -1.32. The number of hydrogen-bond acceptors (Lipinski definition) is 2. The molecule has 0 aliphatic rings. The minimum atomic E-state index is 0.404. The lowest BCUT2D eigenvalue weighted by Crippen LogP contribution is -1.99. The largest absolute Gasteiger partial charge is 0.311 e. The molecular weight excluding hydrogens is 235 g/mol. The van der Waals surface area contributed by atoms with Crippen LogP contribution in [0.5, 0.6) is 0 Å². The lowest BCUT2D eigenvalue weighted by Gasteiger charge is -2.08. The Morgan fingerprint density at radius 3 is 2.53 bits per heavy atom. The number of rotatable bonds is 2. The quantitative estimate of drug-likeness (QED) is 0.757. The van der Waals surface area contributed by atoms with Gasteiger partial charge in [-0.2, -0.15) is 0 Å². The van der Waals surface area contributed by atoms with Crippen LogP contribution < -0.4 is 0 Å². The average Bonchev–Trinajstić information content (AvgIpc) is 2.65. The minimum Gasteiger partial charge on any atom is -0.311 e. The zero-order valence-electron chi connectivity index (χ0n) is 7.52. The molecule has 76 valence electrons. The van der Waals surface area contributed by atoms with Gasteiger partial charge in [-0.15, -0.1) is 0 Å². The molecule has 3 nitrogen and oxygen atoms in total. The molecule has 2 heterocycles. The maximum atomic E-state index is 10.8. The SMILES string of the molecule is O=Cc1cccn1-c1c(Cl)cncc1Cl. The Bertz CT molecular complexity index is 488. The second kappa shape index (κ2) is 4.04. The first-order chi connectivity index (χ1) is 7.24. The normalized spacial score (nSPS) is 10.3. The van der Waals surface area contributed by atoms with E-state index in [4.69, 9.17) is 23.2 Å². The van der Waals surface area contributed by atoms with Crippen molar-refractivity contribution in [3.63, 3.8) is 0 Å². The number of aldehydes is 1. The highest BCUT2D eigenvalue weighted by Gasteiger charge is 2.10. The maximum Gasteiger partial charge on any atom is 0.166 e. The fourth-order valence-electron chi connectivity index (χ4n) is 1.33. The molecule has 0 fully saturated rings. The van der Waals surface area contributed by atoms with Crippen LogP contribution in [-0.2, 0) is 0 Å². The van der Waals surface area contributed by atoms with Crippen LogP contribution in [0.4, 0.5) is 0 Å². The zero-order valence-corrected chi connectivity index (χ0v) is 9.03. The molecule has 0 amide bonds. The standard InChI is InChI=1S/C10H6Cl2N2O/c11-8-4-13-5-9(12)10(8)14-3-1-2-7(14)6-15/h1-6H. The van der Waals surface area contributed by atoms with Crippen molar-refractivity contribution in [1.29, 1.82) is 0 Å². The number of nitrogens with zero attached hydrogens (tertiary/aromatic N) is 2. The van der Waals surface area contributed by atoms with Gasteiger partial charge in [0, 0.05) is 18.6 Å². The van der Waals surface area contributed by atoms with E-state index in [1.54, 1.807) is 22.9 Å². The van der Waals surface area contributed by atoms with E-state index in [1.807, 2.05) is 0 Å². The molecule has 2 aromatic heterocycles. The van der Waals surface area contributed by atoms with E-state index in [0.717, 1.165) is 6.29 Å². The van der Waals surface area contributed by atoms with Gasteiger partial charge in [-0.3, -0.25) is 9.78 Å². The summed E-state index contributed by atoms with van der Waals surface area (Å²) >= 11 is 11.9. The predicted molar refractivity (Wildman–Crippen MR) is 59.0 cm³/mol. The molecule has 5 heteroatoms. The van der Waals surface area contributed by atoms with Crippen molar-refractivity contribution < 1.29 is 4.79 Å². The molecule has 0 saturated heterocycles. The van der Waals surface area contributed by atoms with Gasteiger partial charge < -0.3 is 4.57 Å². The third kappa shape index (κ3) is 1.76. The number of halogens is 2. The molecule has 0 N–H and O–H groups in total. The highest BCUT2D eigenvalue weighted by Crippen LogP contribution is 2.27. The monoisotopic (exact) mass is 240 g/mol. The van der Waals surface area contributed by atoms with Gasteiger partial charge in [0.05, 0.1) is 21.4 Å². The smallest absolute Gasteiger partial charge is 0.166 e. The van der Waals surface area contributed by atoms with Gasteiger partial charge in [0.15, 0.2) is 6.29 Å². The van der Waals surface area contributed by atoms with Crippen molar-refractivity contribution in [3.8, 4) is 5.69 Å². The van der Waals surface area contributed by atoms with Gasteiger partial charge in [-0.05, 0) is 12.1 Å². The van der Waals surface area contributed by atoms with E-state index in [2.05, 4.69) is 4.98 Å². The van der Waals surface area contributed by atoms with Crippen molar-refractivity contribution >= 4 is 29.5 Å². The molecular formula is C10H6Cl2N2O. The maximum absolute atomic E-state index is 10.8. The lowest BCUT2D eigenvalue weighted by molar-refractivity contribution is 0.111. The van der Waals surface area contributed by atoms with Gasteiger partial charge in [-0.25, -0.2) is 0 Å². The molecule has 0 aliphatic heterocycles. The highest BCUT2D eigenvalue weighted by molar-refractivity contribution is 6.37. The molecule has 2 rings (SSSR count). The molecule has 0 aromatic carbocycles. The minimum absolute atomic E-state index is 0.404. The molecule has 0 aliphatic carbocycles. The van der Waals surface area contributed by atoms with E-state index in [1.165, 1.54) is 12.4 Å². The summed E-state index contributed by atoms with van der Waals surface area (Å²) in [6, 6.07) is 3.43. The van der Waals surface area contributed by atoms with Crippen LogP contribution in [0.1, 0.15) is 10.5 Å². The molecule has 0 unspecified atom stereocenters. The Morgan fingerprint density at radius 2 is 1.93 bits per heavy atom. The molecule has 0 radical (unpaired) electrons. The zero-order chi connectivity index (χ0) is 10.8. The number of hydrogen-bond donors (Lipinski definition) is 0. The molecule has 0 bridgehead atoms. The van der Waals surface area contributed by atoms with Crippen LogP contribution in [-0.4, -0.2) is 15.8 Å². The molecule has 15 heavy (non-hydrogen) atoms. The van der Waals surface area contributed by atoms with Crippen LogP contribution in [0.25, 0.3) is 5.69 Å². The Labute approximate surface area is 96.3 Å². The van der Waals surface area contributed by atoms with E-state index >= 15 is 0 Å². The number of pyridine rings is 1. The number of aromatic nitrogens is 2. The van der Waals surface area contributed by atoms with Crippen LogP contribution >= 0.6 is 23.2 Å². The van der Waals surface area contributed by atoms with E-state index < -0.39 is 0 Å². The number of carbonyl (C=O) groups is 1. The average molecular weight is 241 g/mol. The summed E-state index contributed by atoms with van der Waals surface area (Å²) in [7, 11) is 0. The Balaban J connectivity index is 2.68. The van der Waals surface area contributed by atoms with Gasteiger partial charge >= 0.3 is 0 Å². The van der Waals surface area contributed by atoms with Gasteiger partial charge in [0.2, 0.25) is 0 Å². The number of carbonyl (C=O) groups excluding carboxylic acids is 1. The van der Waals surface area contributed by atoms with Crippen molar-refractivity contribution in [2.45, 2.75) is 0 Å². The lowest BCUT2D eigenvalue weighted by atomic mass is 10.3. The second-order valence-electron chi connectivity index (χ2n) is 2.87. The Morgan fingerprint density at radius 1 is 1.27 bits per heavy atom. The van der Waals surface area contributed by atoms with E-state index in [0.29, 0.717) is 21.4 Å². The predicted octanol–water partition coefficient (Wildman–Crippen LogP) is 2.99. The van der Waals surface area contributed by atoms with Crippen molar-refractivity contribution in [3.05, 3.63) is 46.5 Å². The van der Waals surface area contributed by atoms with Crippen LogP contribution in [0.3, 0.4) is 0 Å². The molecule has 2 aromatic rings. The van der Waals surface area contributed by atoms with Gasteiger partial charge in [0.1, 0.15) is 0 Å². The topological polar surface area (TPSA) is 34.9 Å². The molecule has 0 spiro atoms. The van der Waals surface area contributed by atoms with Crippen molar-refractivity contribution in [2.75, 3.05) is 0 Å². The summed E-state index contributed by atoms with van der Waals surface area (Å²) in [6.07, 6.45) is 5.43. The van der Waals surface area contributed by atoms with E-state index in [9.17, 15) is 4.79 Å². The summed E-state index contributed by atoms with van der Waals surface area (Å²) in [6.45, 7) is 0. The third-order valence-corrected chi connectivity index (χ3v) is 2.52. The van der Waals surface area contributed by atoms with Crippen molar-refractivity contribution in [1.82, 2.24) is 9.55 Å². The fourth-order valence-corrected chi connectivity index (χ4v) is 1.88. The summed E-state index contributed by atoms with van der Waals surface area (Å²) in [5.74, 6) is 0. The van der Waals surface area contributed by atoms with Crippen LogP contribution in [0.2, 0.25) is 10.0 Å². The highest BCUT2D eigenvalue weighted by atomic mass is 35.5. The first-order valence-corrected chi connectivity index (χ1v) is 4.91. The first kappa shape index (κ1) is 10.2. The van der Waals surface area contributed by atoms with Crippen LogP contribution in [0, 0.1) is 0 Å². The van der Waals surface area contributed by atoms with Gasteiger partial charge in [-0.1, -0.05) is 23.2 Å². The fraction of sp³-hybridized carbons (Fsp3) is 0.